The summed E-state index contributed by atoms with van der Waals surface area (Å²) < 4.78 is 2.01. The zero-order valence-electron chi connectivity index (χ0n) is 12.2. The molecule has 4 aliphatic heterocycles. The number of aryl methyl sites for hydroxylation is 1. The number of nitrogens with zero attached hydrogens (tertiary/aromatic N) is 5. The van der Waals surface area contributed by atoms with Crippen LogP contribution in [0.2, 0.25) is 0 Å². The van der Waals surface area contributed by atoms with Gasteiger partial charge in [0.15, 0.2) is 0 Å². The van der Waals surface area contributed by atoms with E-state index in [1.807, 2.05) is 4.57 Å². The van der Waals surface area contributed by atoms with Gasteiger partial charge in [0.25, 0.3) is 0 Å². The maximum Gasteiger partial charge on any atom is 0.224 e. The van der Waals surface area contributed by atoms with Crippen LogP contribution in [0.3, 0.4) is 0 Å². The highest BCUT2D eigenvalue weighted by atomic mass is 16.1. The second kappa shape index (κ2) is 5.38. The average Bonchev–Trinajstić information content (AvgIpc) is 3.01. The molecule has 1 aromatic rings. The summed E-state index contributed by atoms with van der Waals surface area (Å²) in [5.74, 6) is 1.25. The molecule has 7 heteroatoms. The summed E-state index contributed by atoms with van der Waals surface area (Å²) in [6.45, 7) is 7.26. The monoisotopic (exact) mass is 290 g/mol. The normalized spacial score (nSPS) is 34.5. The molecule has 5 heterocycles. The molecule has 0 aromatic carbocycles. The summed E-state index contributed by atoms with van der Waals surface area (Å²) in [7, 11) is 0. The molecule has 1 amide bonds. The molecule has 3 fully saturated rings. The van der Waals surface area contributed by atoms with E-state index < -0.39 is 0 Å². The van der Waals surface area contributed by atoms with Crippen molar-refractivity contribution in [3.63, 3.8) is 0 Å². The molecule has 7 nitrogen and oxygen atoms in total. The lowest BCUT2D eigenvalue weighted by Crippen LogP contribution is -2.63. The number of carbonyl (C=O) groups excluding carboxylic acids is 1. The summed E-state index contributed by atoms with van der Waals surface area (Å²) in [5.41, 5.74) is 0. The summed E-state index contributed by atoms with van der Waals surface area (Å²) in [4.78, 5) is 17.4. The van der Waals surface area contributed by atoms with E-state index in [1.165, 1.54) is 13.1 Å². The first-order valence-corrected chi connectivity index (χ1v) is 7.90. The Labute approximate surface area is 124 Å². The van der Waals surface area contributed by atoms with Crippen molar-refractivity contribution in [1.82, 2.24) is 29.9 Å². The Morgan fingerprint density at radius 3 is 2.90 bits per heavy atom. The van der Waals surface area contributed by atoms with Crippen molar-refractivity contribution in [3.8, 4) is 0 Å². The number of rotatable bonds is 3. The summed E-state index contributed by atoms with van der Waals surface area (Å²) in [5, 5.41) is 11.1. The third kappa shape index (κ3) is 2.55. The third-order valence-corrected chi connectivity index (χ3v) is 5.10. The molecule has 114 valence electrons. The number of amides is 1. The molecule has 0 saturated carbocycles. The number of piperazine rings is 3. The van der Waals surface area contributed by atoms with Gasteiger partial charge in [0.05, 0.1) is 5.92 Å². The minimum Gasteiger partial charge on any atom is -0.354 e. The fourth-order valence-electron chi connectivity index (χ4n) is 3.75. The smallest absolute Gasteiger partial charge is 0.224 e. The van der Waals surface area contributed by atoms with Gasteiger partial charge >= 0.3 is 0 Å². The minimum absolute atomic E-state index is 0.0598. The Morgan fingerprint density at radius 2 is 2.14 bits per heavy atom. The van der Waals surface area contributed by atoms with Crippen LogP contribution < -0.4 is 5.32 Å². The van der Waals surface area contributed by atoms with Crippen molar-refractivity contribution in [1.29, 1.82) is 0 Å². The Kier molecular flexibility index (Phi) is 3.39. The lowest BCUT2D eigenvalue weighted by Gasteiger charge is -2.47. The second-order valence-corrected chi connectivity index (χ2v) is 6.37. The lowest BCUT2D eigenvalue weighted by molar-refractivity contribution is -0.126. The molecule has 21 heavy (non-hydrogen) atoms. The van der Waals surface area contributed by atoms with Gasteiger partial charge in [-0.3, -0.25) is 14.6 Å². The molecule has 4 aliphatic rings. The number of hydrogen-bond donors (Lipinski definition) is 1. The van der Waals surface area contributed by atoms with Gasteiger partial charge in [-0.15, -0.1) is 10.2 Å². The largest absolute Gasteiger partial charge is 0.354 e. The maximum absolute atomic E-state index is 12.4. The topological polar surface area (TPSA) is 66.3 Å². The first kappa shape index (κ1) is 13.2. The minimum atomic E-state index is 0.0598. The van der Waals surface area contributed by atoms with Gasteiger partial charge < -0.3 is 9.88 Å². The highest BCUT2D eigenvalue weighted by Crippen LogP contribution is 2.19. The number of aromatic nitrogens is 3. The average molecular weight is 290 g/mol. The Bertz CT molecular complexity index is 521. The molecule has 2 atom stereocenters. The molecule has 5 rings (SSSR count). The van der Waals surface area contributed by atoms with E-state index >= 15 is 0 Å². The van der Waals surface area contributed by atoms with E-state index in [4.69, 9.17) is 0 Å². The van der Waals surface area contributed by atoms with Crippen LogP contribution in [0.5, 0.6) is 0 Å². The molecule has 1 aromatic heterocycles. The van der Waals surface area contributed by atoms with Crippen molar-refractivity contribution in [2.24, 2.45) is 5.92 Å². The number of carbonyl (C=O) groups is 1. The van der Waals surface area contributed by atoms with Crippen LogP contribution >= 0.6 is 0 Å². The molecule has 2 bridgehead atoms. The fraction of sp³-hybridized carbons (Fsp3) is 0.786. The highest BCUT2D eigenvalue weighted by Gasteiger charge is 2.32. The van der Waals surface area contributed by atoms with E-state index in [-0.39, 0.29) is 11.8 Å². The van der Waals surface area contributed by atoms with Crippen molar-refractivity contribution in [3.05, 3.63) is 12.2 Å². The van der Waals surface area contributed by atoms with Gasteiger partial charge in [-0.2, -0.15) is 0 Å². The number of hydrogen-bond acceptors (Lipinski definition) is 5. The van der Waals surface area contributed by atoms with Gasteiger partial charge in [-0.25, -0.2) is 0 Å². The van der Waals surface area contributed by atoms with Crippen LogP contribution in [0.1, 0.15) is 12.2 Å². The fourth-order valence-corrected chi connectivity index (χ4v) is 3.75. The lowest BCUT2D eigenvalue weighted by atomic mass is 9.98. The van der Waals surface area contributed by atoms with E-state index in [0.717, 1.165) is 44.8 Å². The van der Waals surface area contributed by atoms with Gasteiger partial charge in [-0.05, 0) is 6.42 Å². The van der Waals surface area contributed by atoms with Gasteiger partial charge in [0, 0.05) is 58.3 Å². The van der Waals surface area contributed by atoms with Crippen molar-refractivity contribution >= 4 is 5.91 Å². The van der Waals surface area contributed by atoms with Crippen molar-refractivity contribution in [2.45, 2.75) is 25.4 Å². The molecular weight excluding hydrogens is 268 g/mol. The number of nitrogens with one attached hydrogen (secondary N) is 1. The van der Waals surface area contributed by atoms with Crippen LogP contribution in [0.15, 0.2) is 6.33 Å². The molecular formula is C14H22N6O. The summed E-state index contributed by atoms with van der Waals surface area (Å²) in [6, 6.07) is 0.491. The predicted molar refractivity (Wildman–Crippen MR) is 76.6 cm³/mol. The molecule has 3 saturated heterocycles. The van der Waals surface area contributed by atoms with Gasteiger partial charge in [-0.1, -0.05) is 0 Å². The first-order chi connectivity index (χ1) is 10.3. The van der Waals surface area contributed by atoms with Crippen LogP contribution in [-0.2, 0) is 17.8 Å². The van der Waals surface area contributed by atoms with Crippen molar-refractivity contribution < 1.29 is 4.79 Å². The predicted octanol–water partition coefficient (Wildman–Crippen LogP) is -1.04. The molecule has 0 spiro atoms. The summed E-state index contributed by atoms with van der Waals surface area (Å²) in [6.07, 6.45) is 3.46. The summed E-state index contributed by atoms with van der Waals surface area (Å²) >= 11 is 0. The quantitative estimate of drug-likeness (QED) is 0.770. The Balaban J connectivity index is 1.31. The maximum atomic E-state index is 12.4. The zero-order valence-corrected chi connectivity index (χ0v) is 12.2. The van der Waals surface area contributed by atoms with Crippen molar-refractivity contribution in [2.75, 3.05) is 39.3 Å². The van der Waals surface area contributed by atoms with Crippen LogP contribution in [0.4, 0.5) is 0 Å². The second-order valence-electron chi connectivity index (χ2n) is 6.37. The highest BCUT2D eigenvalue weighted by molar-refractivity contribution is 5.78. The van der Waals surface area contributed by atoms with E-state index in [1.54, 1.807) is 6.33 Å². The SMILES string of the molecule is O=C(NCC1CN2CCN1CC2)C1CCc2nncn2C1. The standard InChI is InChI=1S/C14H22N6O/c21-14(11-1-2-13-17-16-10-20(13)8-11)15-7-12-9-18-3-5-19(12)6-4-18/h10-12H,1-9H2,(H,15,21). The van der Waals surface area contributed by atoms with E-state index in [2.05, 4.69) is 25.3 Å². The molecule has 0 aliphatic carbocycles. The Morgan fingerprint density at radius 1 is 1.29 bits per heavy atom. The van der Waals surface area contributed by atoms with E-state index in [0.29, 0.717) is 12.6 Å². The zero-order chi connectivity index (χ0) is 14.2. The molecule has 0 radical (unpaired) electrons. The van der Waals surface area contributed by atoms with Gasteiger partial charge in [0.1, 0.15) is 12.2 Å². The van der Waals surface area contributed by atoms with Crippen LogP contribution in [-0.4, -0.2) is 75.8 Å². The van der Waals surface area contributed by atoms with Crippen LogP contribution in [0.25, 0.3) is 0 Å². The molecule has 1 N–H and O–H groups in total. The molecule has 2 unspecified atom stereocenters. The third-order valence-electron chi connectivity index (χ3n) is 5.10. The Hall–Kier alpha value is -1.47. The number of fused-ring (bicyclic) bond motifs is 4. The van der Waals surface area contributed by atoms with Gasteiger partial charge in [0.2, 0.25) is 5.91 Å². The van der Waals surface area contributed by atoms with E-state index in [9.17, 15) is 4.79 Å². The van der Waals surface area contributed by atoms with Crippen LogP contribution in [0, 0.1) is 5.92 Å². The first-order valence-electron chi connectivity index (χ1n) is 7.90.